The lowest BCUT2D eigenvalue weighted by Gasteiger charge is -2.30. The maximum atomic E-state index is 12.7. The molecule has 2 N–H and O–H groups in total. The molecule has 0 saturated carbocycles. The Balaban J connectivity index is 1.56. The number of hydrogen-bond donors (Lipinski definition) is 2. The lowest BCUT2D eigenvalue weighted by atomic mass is 10.0. The maximum absolute atomic E-state index is 12.7. The zero-order valence-electron chi connectivity index (χ0n) is 15.8. The highest BCUT2D eigenvalue weighted by Crippen LogP contribution is 2.39. The van der Waals surface area contributed by atoms with Gasteiger partial charge in [-0.05, 0) is 44.1 Å². The second-order valence-corrected chi connectivity index (χ2v) is 8.40. The summed E-state index contributed by atoms with van der Waals surface area (Å²) in [6, 6.07) is 7.03. The highest BCUT2D eigenvalue weighted by molar-refractivity contribution is 7.16. The Kier molecular flexibility index (Phi) is 4.91. The number of carbonyl (C=O) groups is 1. The van der Waals surface area contributed by atoms with Gasteiger partial charge < -0.3 is 10.6 Å². The number of carbonyl (C=O) groups excluding carboxylic acids is 1. The number of nitrogens with one attached hydrogen (secondary N) is 2. The van der Waals surface area contributed by atoms with Crippen molar-refractivity contribution in [3.05, 3.63) is 62.0 Å². The first-order chi connectivity index (χ1) is 13.4. The molecular weight excluding hydrogens is 376 g/mol. The van der Waals surface area contributed by atoms with Crippen LogP contribution in [0.3, 0.4) is 0 Å². The third-order valence-electron chi connectivity index (χ3n) is 5.22. The molecule has 1 aromatic carbocycles. The molecule has 8 heteroatoms. The van der Waals surface area contributed by atoms with Crippen molar-refractivity contribution in [2.45, 2.75) is 39.0 Å². The molecule has 3 heterocycles. The predicted octanol–water partition coefficient (Wildman–Crippen LogP) is 3.62. The number of hydrogen-bond acceptors (Lipinski definition) is 6. The molecule has 1 aromatic heterocycles. The van der Waals surface area contributed by atoms with Gasteiger partial charge in [0.05, 0.1) is 16.1 Å². The molecule has 0 bridgehead atoms. The Labute approximate surface area is 167 Å². The smallest absolute Gasteiger partial charge is 0.276 e. The van der Waals surface area contributed by atoms with E-state index in [1.54, 1.807) is 41.7 Å². The zero-order chi connectivity index (χ0) is 19.8. The zero-order valence-corrected chi connectivity index (χ0v) is 16.6. The Morgan fingerprint density at radius 2 is 2.11 bits per heavy atom. The highest BCUT2D eigenvalue weighted by Gasteiger charge is 2.32. The number of nitro groups is 1. The minimum absolute atomic E-state index is 0.0435. The molecule has 7 nitrogen and oxygen atoms in total. The van der Waals surface area contributed by atoms with Crippen LogP contribution in [0.1, 0.15) is 40.2 Å². The molecule has 2 aliphatic heterocycles. The van der Waals surface area contributed by atoms with E-state index in [0.717, 1.165) is 35.6 Å². The van der Waals surface area contributed by atoms with Crippen molar-refractivity contribution in [3.63, 3.8) is 0 Å². The largest absolute Gasteiger partial charge is 0.353 e. The summed E-state index contributed by atoms with van der Waals surface area (Å²) in [5.41, 5.74) is 2.47. The van der Waals surface area contributed by atoms with E-state index in [-0.39, 0.29) is 11.6 Å². The molecular formula is C20H22N4O3S. The number of fused-ring (bicyclic) bond motifs is 3. The van der Waals surface area contributed by atoms with E-state index in [2.05, 4.69) is 29.4 Å². The first-order valence-electron chi connectivity index (χ1n) is 9.31. The van der Waals surface area contributed by atoms with Crippen LogP contribution < -0.4 is 10.6 Å². The van der Waals surface area contributed by atoms with E-state index in [1.165, 1.54) is 10.9 Å². The molecule has 0 saturated heterocycles. The van der Waals surface area contributed by atoms with Crippen LogP contribution in [0.4, 0.5) is 10.7 Å². The third kappa shape index (κ3) is 3.41. The van der Waals surface area contributed by atoms with Gasteiger partial charge in [-0.15, -0.1) is 11.3 Å². The van der Waals surface area contributed by atoms with Gasteiger partial charge in [0.25, 0.3) is 11.6 Å². The van der Waals surface area contributed by atoms with E-state index < -0.39 is 11.1 Å². The van der Waals surface area contributed by atoms with E-state index in [9.17, 15) is 14.9 Å². The van der Waals surface area contributed by atoms with Crippen LogP contribution in [0.2, 0.25) is 0 Å². The normalized spacial score (nSPS) is 19.2. The molecule has 0 spiro atoms. The summed E-state index contributed by atoms with van der Waals surface area (Å²) in [4.78, 5) is 27.1. The number of thiophene rings is 1. The van der Waals surface area contributed by atoms with Crippen LogP contribution in [-0.2, 0) is 13.0 Å². The molecule has 0 aliphatic carbocycles. The number of benzene rings is 1. The Bertz CT molecular complexity index is 966. The van der Waals surface area contributed by atoms with Crippen LogP contribution in [0, 0.1) is 10.1 Å². The van der Waals surface area contributed by atoms with Crippen LogP contribution in [0.5, 0.6) is 0 Å². The molecule has 1 atom stereocenters. The molecule has 4 rings (SSSR count). The van der Waals surface area contributed by atoms with Crippen molar-refractivity contribution in [2.24, 2.45) is 0 Å². The van der Waals surface area contributed by atoms with Gasteiger partial charge in [0.2, 0.25) is 0 Å². The maximum Gasteiger partial charge on any atom is 0.276 e. The molecule has 28 heavy (non-hydrogen) atoms. The second-order valence-electron chi connectivity index (χ2n) is 7.29. The summed E-state index contributed by atoms with van der Waals surface area (Å²) >= 11 is 1.64. The summed E-state index contributed by atoms with van der Waals surface area (Å²) in [6.07, 6.45) is 3.91. The molecule has 2 aliphatic rings. The second kappa shape index (κ2) is 7.37. The van der Waals surface area contributed by atoms with Crippen molar-refractivity contribution < 1.29 is 9.72 Å². The summed E-state index contributed by atoms with van der Waals surface area (Å²) in [7, 11) is 0. The number of nitro benzene ring substituents is 1. The lowest BCUT2D eigenvalue weighted by Crippen LogP contribution is -2.43. The summed E-state index contributed by atoms with van der Waals surface area (Å²) in [5.74, 6) is -0.0820. The first-order valence-corrected chi connectivity index (χ1v) is 10.1. The fourth-order valence-corrected chi connectivity index (χ4v) is 5.00. The molecule has 0 fully saturated rings. The Morgan fingerprint density at radius 3 is 2.86 bits per heavy atom. The third-order valence-corrected chi connectivity index (χ3v) is 6.37. The quantitative estimate of drug-likeness (QED) is 0.607. The average Bonchev–Trinajstić information content (AvgIpc) is 3.04. The molecule has 146 valence electrons. The van der Waals surface area contributed by atoms with Crippen molar-refractivity contribution in [1.29, 1.82) is 0 Å². The lowest BCUT2D eigenvalue weighted by molar-refractivity contribution is -0.385. The standard InChI is InChI=1S/C20H22N4O3S/c1-12(2)23-10-9-14-16(11-23)28-20-18(14)19(25)21-17(22-20)8-7-13-5-3-4-6-15(13)24(26)27/h3-8,12,17,22H,9-11H2,1-2H3,(H,21,25). The van der Waals surface area contributed by atoms with Gasteiger partial charge in [-0.3, -0.25) is 19.8 Å². The minimum Gasteiger partial charge on any atom is -0.353 e. The molecule has 1 amide bonds. The SMILES string of the molecule is CC(C)N1CCc2c(sc3c2C(=O)NC(C=Cc2ccccc2[N+](=O)[O-])N3)C1. The van der Waals surface area contributed by atoms with Gasteiger partial charge in [-0.1, -0.05) is 12.1 Å². The number of rotatable bonds is 4. The fourth-order valence-electron chi connectivity index (χ4n) is 3.69. The number of nitrogens with zero attached hydrogens (tertiary/aromatic N) is 2. The van der Waals surface area contributed by atoms with Gasteiger partial charge in [0.1, 0.15) is 11.2 Å². The first kappa shape index (κ1) is 18.6. The minimum atomic E-state index is -0.404. The van der Waals surface area contributed by atoms with Gasteiger partial charge in [-0.2, -0.15) is 0 Å². The van der Waals surface area contributed by atoms with Crippen LogP contribution in [0.25, 0.3) is 6.08 Å². The molecule has 1 unspecified atom stereocenters. The van der Waals surface area contributed by atoms with Crippen LogP contribution in [-0.4, -0.2) is 34.5 Å². The van der Waals surface area contributed by atoms with Gasteiger partial charge >= 0.3 is 0 Å². The molecule has 2 aromatic rings. The predicted molar refractivity (Wildman–Crippen MR) is 111 cm³/mol. The van der Waals surface area contributed by atoms with Gasteiger partial charge in [0, 0.05) is 30.1 Å². The van der Waals surface area contributed by atoms with E-state index in [1.807, 2.05) is 0 Å². The van der Waals surface area contributed by atoms with Gasteiger partial charge in [0.15, 0.2) is 0 Å². The number of amides is 1. The van der Waals surface area contributed by atoms with E-state index >= 15 is 0 Å². The topological polar surface area (TPSA) is 87.5 Å². The van der Waals surface area contributed by atoms with Crippen molar-refractivity contribution in [3.8, 4) is 0 Å². The molecule has 0 radical (unpaired) electrons. The van der Waals surface area contributed by atoms with Crippen molar-refractivity contribution in [1.82, 2.24) is 10.2 Å². The summed E-state index contributed by atoms with van der Waals surface area (Å²) in [6.45, 7) is 6.21. The highest BCUT2D eigenvalue weighted by atomic mass is 32.1. The Morgan fingerprint density at radius 1 is 1.32 bits per heavy atom. The van der Waals surface area contributed by atoms with Crippen LogP contribution >= 0.6 is 11.3 Å². The summed E-state index contributed by atoms with van der Waals surface area (Å²) in [5, 5.41) is 18.4. The summed E-state index contributed by atoms with van der Waals surface area (Å²) < 4.78 is 0. The monoisotopic (exact) mass is 398 g/mol. The Hall–Kier alpha value is -2.71. The average molecular weight is 398 g/mol. The van der Waals surface area contributed by atoms with Crippen LogP contribution in [0.15, 0.2) is 30.3 Å². The fraction of sp³-hybridized carbons (Fsp3) is 0.350. The van der Waals surface area contributed by atoms with Gasteiger partial charge in [-0.25, -0.2) is 0 Å². The van der Waals surface area contributed by atoms with Crippen molar-refractivity contribution >= 4 is 34.0 Å². The number of para-hydroxylation sites is 1. The van der Waals surface area contributed by atoms with E-state index in [4.69, 9.17) is 0 Å². The number of anilines is 1. The van der Waals surface area contributed by atoms with Crippen molar-refractivity contribution in [2.75, 3.05) is 11.9 Å². The van der Waals surface area contributed by atoms with E-state index in [0.29, 0.717) is 11.6 Å².